The fourth-order valence-electron chi connectivity index (χ4n) is 3.65. The quantitative estimate of drug-likeness (QED) is 0.772. The van der Waals surface area contributed by atoms with Crippen molar-refractivity contribution in [3.05, 3.63) is 35.6 Å². The molecule has 0 unspecified atom stereocenters. The summed E-state index contributed by atoms with van der Waals surface area (Å²) < 4.78 is 18.5. The molecule has 2 fully saturated rings. The van der Waals surface area contributed by atoms with Crippen molar-refractivity contribution in [3.63, 3.8) is 0 Å². The Morgan fingerprint density at radius 2 is 1.72 bits per heavy atom. The monoisotopic (exact) mass is 393 g/mol. The van der Waals surface area contributed by atoms with E-state index in [-0.39, 0.29) is 30.6 Å². The van der Waals surface area contributed by atoms with Gasteiger partial charge in [-0.05, 0) is 49.5 Å². The Hall–Kier alpha value is -0.430. The van der Waals surface area contributed by atoms with Gasteiger partial charge in [-0.1, -0.05) is 12.1 Å². The van der Waals surface area contributed by atoms with Crippen LogP contribution in [0.3, 0.4) is 0 Å². The number of nitrogens with zero attached hydrogens (tertiary/aromatic N) is 2. The first-order valence-corrected chi connectivity index (χ1v) is 8.76. The summed E-state index contributed by atoms with van der Waals surface area (Å²) in [4.78, 5) is 5.07. The normalized spacial score (nSPS) is 20.2. The van der Waals surface area contributed by atoms with Crippen LogP contribution in [0, 0.1) is 5.82 Å². The summed E-state index contributed by atoms with van der Waals surface area (Å²) in [5.74, 6) is 0.263. The lowest BCUT2D eigenvalue weighted by Crippen LogP contribution is -2.61. The predicted molar refractivity (Wildman–Crippen MR) is 105 cm³/mol. The van der Waals surface area contributed by atoms with Crippen LogP contribution >= 0.6 is 24.8 Å². The molecule has 1 aromatic rings. The molecule has 1 aromatic carbocycles. The van der Waals surface area contributed by atoms with Crippen LogP contribution in [-0.2, 0) is 4.74 Å². The highest BCUT2D eigenvalue weighted by molar-refractivity contribution is 5.85. The number of ether oxygens (including phenoxy) is 1. The molecule has 4 nitrogen and oxygen atoms in total. The highest BCUT2D eigenvalue weighted by Gasteiger charge is 2.32. The van der Waals surface area contributed by atoms with E-state index >= 15 is 0 Å². The Labute approximate surface area is 162 Å². The van der Waals surface area contributed by atoms with Crippen LogP contribution < -0.4 is 5.73 Å². The minimum Gasteiger partial charge on any atom is -0.379 e. The van der Waals surface area contributed by atoms with Gasteiger partial charge in [-0.25, -0.2) is 4.39 Å². The number of nitrogens with two attached hydrogens (primary N) is 1. The van der Waals surface area contributed by atoms with Gasteiger partial charge >= 0.3 is 0 Å². The molecule has 2 heterocycles. The number of rotatable bonds is 7. The maximum atomic E-state index is 13.1. The first-order chi connectivity index (χ1) is 11.3. The second-order valence-electron chi connectivity index (χ2n) is 6.68. The van der Waals surface area contributed by atoms with Crippen molar-refractivity contribution in [2.45, 2.75) is 24.8 Å². The van der Waals surface area contributed by atoms with Crippen LogP contribution in [0.2, 0.25) is 0 Å². The average Bonchev–Trinajstić information content (AvgIpc) is 2.54. The van der Waals surface area contributed by atoms with Crippen molar-refractivity contribution in [2.24, 2.45) is 5.73 Å². The standard InChI is InChI=1S/C18H28FN3O.2ClH/c19-17-3-1-15(2-4-17)16(5-7-20)6-8-21-13-18(14-21)22-9-11-23-12-10-22;;/h1-4,16,18H,5-14,20H2;2*1H/t16-;;/m0../s1. The predicted octanol–water partition coefficient (Wildman–Crippen LogP) is 2.51. The van der Waals surface area contributed by atoms with E-state index in [0.29, 0.717) is 18.5 Å². The zero-order valence-electron chi connectivity index (χ0n) is 14.6. The minimum atomic E-state index is -0.170. The zero-order chi connectivity index (χ0) is 16.1. The smallest absolute Gasteiger partial charge is 0.123 e. The molecule has 2 saturated heterocycles. The molecular weight excluding hydrogens is 364 g/mol. The zero-order valence-corrected chi connectivity index (χ0v) is 16.2. The van der Waals surface area contributed by atoms with E-state index in [1.807, 2.05) is 12.1 Å². The van der Waals surface area contributed by atoms with E-state index in [4.69, 9.17) is 10.5 Å². The van der Waals surface area contributed by atoms with Crippen molar-refractivity contribution in [2.75, 3.05) is 52.5 Å². The van der Waals surface area contributed by atoms with Crippen molar-refractivity contribution < 1.29 is 9.13 Å². The van der Waals surface area contributed by atoms with Gasteiger partial charge in [-0.2, -0.15) is 0 Å². The molecule has 2 N–H and O–H groups in total. The van der Waals surface area contributed by atoms with Gasteiger partial charge in [0.25, 0.3) is 0 Å². The summed E-state index contributed by atoms with van der Waals surface area (Å²) in [5, 5.41) is 0. The van der Waals surface area contributed by atoms with Crippen molar-refractivity contribution in [1.82, 2.24) is 9.80 Å². The Balaban J connectivity index is 0.00000156. The molecular formula is C18H30Cl2FN3O. The van der Waals surface area contributed by atoms with Gasteiger partial charge in [0.05, 0.1) is 13.2 Å². The SMILES string of the molecule is Cl.Cl.NCC[C@@H](CCN1CC(N2CCOCC2)C1)c1ccc(F)cc1. The van der Waals surface area contributed by atoms with Crippen LogP contribution in [0.15, 0.2) is 24.3 Å². The highest BCUT2D eigenvalue weighted by Crippen LogP contribution is 2.25. The molecule has 7 heteroatoms. The van der Waals surface area contributed by atoms with E-state index in [1.54, 1.807) is 12.1 Å². The Morgan fingerprint density at radius 3 is 2.32 bits per heavy atom. The third-order valence-corrected chi connectivity index (χ3v) is 5.15. The first-order valence-electron chi connectivity index (χ1n) is 8.76. The molecule has 3 rings (SSSR count). The molecule has 1 atom stereocenters. The number of halogens is 3. The summed E-state index contributed by atoms with van der Waals surface area (Å²) in [6.07, 6.45) is 2.06. The number of hydrogen-bond donors (Lipinski definition) is 1. The third-order valence-electron chi connectivity index (χ3n) is 5.15. The molecule has 25 heavy (non-hydrogen) atoms. The summed E-state index contributed by atoms with van der Waals surface area (Å²) in [6.45, 7) is 8.01. The molecule has 0 aromatic heterocycles. The van der Waals surface area contributed by atoms with Gasteiger partial charge in [0.2, 0.25) is 0 Å². The molecule has 0 saturated carbocycles. The van der Waals surface area contributed by atoms with Gasteiger partial charge in [0.1, 0.15) is 5.82 Å². The summed E-state index contributed by atoms with van der Waals surface area (Å²) >= 11 is 0. The van der Waals surface area contributed by atoms with E-state index in [1.165, 1.54) is 18.7 Å². The third kappa shape index (κ3) is 6.35. The number of benzene rings is 1. The molecule has 2 aliphatic rings. The van der Waals surface area contributed by atoms with Crippen LogP contribution in [0.4, 0.5) is 4.39 Å². The lowest BCUT2D eigenvalue weighted by atomic mass is 9.91. The largest absolute Gasteiger partial charge is 0.379 e. The Bertz CT molecular complexity index is 480. The van der Waals surface area contributed by atoms with Crippen molar-refractivity contribution in [3.8, 4) is 0 Å². The number of morpholine rings is 1. The van der Waals surface area contributed by atoms with Crippen LogP contribution in [0.25, 0.3) is 0 Å². The average molecular weight is 394 g/mol. The molecule has 0 aliphatic carbocycles. The molecule has 144 valence electrons. The van der Waals surface area contributed by atoms with Crippen molar-refractivity contribution in [1.29, 1.82) is 0 Å². The first kappa shape index (κ1) is 22.6. The van der Waals surface area contributed by atoms with Gasteiger partial charge in [-0.15, -0.1) is 24.8 Å². The summed E-state index contributed by atoms with van der Waals surface area (Å²) in [6, 6.07) is 7.62. The number of likely N-dealkylation sites (tertiary alicyclic amines) is 1. The van der Waals surface area contributed by atoms with Crippen LogP contribution in [-0.4, -0.2) is 68.3 Å². The van der Waals surface area contributed by atoms with E-state index in [9.17, 15) is 4.39 Å². The van der Waals surface area contributed by atoms with Crippen LogP contribution in [0.5, 0.6) is 0 Å². The van der Waals surface area contributed by atoms with Crippen molar-refractivity contribution >= 4 is 24.8 Å². The fraction of sp³-hybridized carbons (Fsp3) is 0.667. The Morgan fingerprint density at radius 1 is 1.08 bits per heavy atom. The molecule has 0 spiro atoms. The van der Waals surface area contributed by atoms with E-state index in [0.717, 1.165) is 45.7 Å². The van der Waals surface area contributed by atoms with E-state index < -0.39 is 0 Å². The van der Waals surface area contributed by atoms with Gasteiger partial charge in [0, 0.05) is 32.2 Å². The summed E-state index contributed by atoms with van der Waals surface area (Å²) in [7, 11) is 0. The maximum absolute atomic E-state index is 13.1. The topological polar surface area (TPSA) is 41.7 Å². The van der Waals surface area contributed by atoms with E-state index in [2.05, 4.69) is 9.80 Å². The molecule has 2 aliphatic heterocycles. The number of hydrogen-bond acceptors (Lipinski definition) is 4. The van der Waals surface area contributed by atoms with Crippen LogP contribution in [0.1, 0.15) is 24.3 Å². The lowest BCUT2D eigenvalue weighted by Gasteiger charge is -2.47. The molecule has 0 radical (unpaired) electrons. The lowest BCUT2D eigenvalue weighted by molar-refractivity contribution is -0.0325. The maximum Gasteiger partial charge on any atom is 0.123 e. The summed E-state index contributed by atoms with van der Waals surface area (Å²) in [5.41, 5.74) is 6.97. The van der Waals surface area contributed by atoms with Gasteiger partial charge in [0.15, 0.2) is 0 Å². The van der Waals surface area contributed by atoms with Gasteiger partial charge in [-0.3, -0.25) is 4.90 Å². The molecule has 0 amide bonds. The Kier molecular flexibility index (Phi) is 10.2. The van der Waals surface area contributed by atoms with Gasteiger partial charge < -0.3 is 15.4 Å². The molecule has 0 bridgehead atoms. The fourth-order valence-corrected chi connectivity index (χ4v) is 3.65. The second kappa shape index (κ2) is 11.3. The second-order valence-corrected chi connectivity index (χ2v) is 6.68. The highest BCUT2D eigenvalue weighted by atomic mass is 35.5. The minimum absolute atomic E-state index is 0.